The Labute approximate surface area is 151 Å². The van der Waals surface area contributed by atoms with Gasteiger partial charge in [0.25, 0.3) is 11.8 Å². The molecular weight excluding hydrogens is 340 g/mol. The largest absolute Gasteiger partial charge is 0.452 e. The summed E-state index contributed by atoms with van der Waals surface area (Å²) >= 11 is 0. The Morgan fingerprint density at radius 1 is 1.27 bits per heavy atom. The first-order valence-electron chi connectivity index (χ1n) is 8.32. The summed E-state index contributed by atoms with van der Waals surface area (Å²) in [4.78, 5) is 49.2. The minimum atomic E-state index is -0.965. The van der Waals surface area contributed by atoms with E-state index in [4.69, 9.17) is 9.47 Å². The van der Waals surface area contributed by atoms with Crippen molar-refractivity contribution in [1.29, 1.82) is 0 Å². The van der Waals surface area contributed by atoms with Gasteiger partial charge in [-0.1, -0.05) is 18.2 Å². The molecule has 26 heavy (non-hydrogen) atoms. The highest BCUT2D eigenvalue weighted by Gasteiger charge is 2.31. The zero-order valence-electron chi connectivity index (χ0n) is 14.8. The Morgan fingerprint density at radius 2 is 2.00 bits per heavy atom. The summed E-state index contributed by atoms with van der Waals surface area (Å²) in [6.07, 6.45) is -1.02. The van der Waals surface area contributed by atoms with Crippen LogP contribution in [0.3, 0.4) is 0 Å². The molecule has 1 aliphatic rings. The molecule has 0 bridgehead atoms. The topological polar surface area (TPSA) is 102 Å². The van der Waals surface area contributed by atoms with Crippen molar-refractivity contribution in [2.24, 2.45) is 0 Å². The van der Waals surface area contributed by atoms with Crippen molar-refractivity contribution in [1.82, 2.24) is 10.2 Å². The monoisotopic (exact) mass is 362 g/mol. The lowest BCUT2D eigenvalue weighted by molar-refractivity contribution is -0.155. The van der Waals surface area contributed by atoms with Gasteiger partial charge in [-0.25, -0.2) is 0 Å². The predicted molar refractivity (Wildman–Crippen MR) is 91.2 cm³/mol. The summed E-state index contributed by atoms with van der Waals surface area (Å²) < 4.78 is 9.84. The number of carbonyl (C=O) groups excluding carboxylic acids is 4. The van der Waals surface area contributed by atoms with E-state index < -0.39 is 23.9 Å². The molecule has 2 rings (SSSR count). The first kappa shape index (κ1) is 19.6. The minimum absolute atomic E-state index is 0.0805. The Hall–Kier alpha value is -2.74. The molecule has 1 aromatic carbocycles. The van der Waals surface area contributed by atoms with Crippen molar-refractivity contribution >= 4 is 23.7 Å². The highest BCUT2D eigenvalue weighted by Crippen LogP contribution is 2.19. The number of nitrogens with zero attached hydrogens (tertiary/aromatic N) is 1. The molecule has 0 saturated heterocycles. The molecule has 8 heteroatoms. The zero-order chi connectivity index (χ0) is 19.1. The molecule has 1 aliphatic heterocycles. The van der Waals surface area contributed by atoms with Gasteiger partial charge in [0, 0.05) is 25.8 Å². The lowest BCUT2D eigenvalue weighted by Gasteiger charge is -2.26. The number of carbonyl (C=O) groups is 4. The summed E-state index contributed by atoms with van der Waals surface area (Å²) in [6, 6.07) is 6.89. The molecule has 0 unspecified atom stereocenters. The van der Waals surface area contributed by atoms with Gasteiger partial charge in [0.2, 0.25) is 5.91 Å². The number of imide groups is 1. The van der Waals surface area contributed by atoms with Gasteiger partial charge in [0.05, 0.1) is 19.4 Å². The molecule has 0 radical (unpaired) electrons. The zero-order valence-corrected chi connectivity index (χ0v) is 14.8. The van der Waals surface area contributed by atoms with Crippen LogP contribution in [0.5, 0.6) is 0 Å². The molecule has 1 N–H and O–H groups in total. The molecule has 140 valence electrons. The highest BCUT2D eigenvalue weighted by molar-refractivity contribution is 6.09. The average molecular weight is 362 g/mol. The molecule has 0 aliphatic carbocycles. The van der Waals surface area contributed by atoms with Gasteiger partial charge < -0.3 is 14.8 Å². The summed E-state index contributed by atoms with van der Waals surface area (Å²) in [6.45, 7) is 2.04. The van der Waals surface area contributed by atoms with E-state index in [0.29, 0.717) is 24.3 Å². The van der Waals surface area contributed by atoms with E-state index in [1.54, 1.807) is 24.3 Å². The van der Waals surface area contributed by atoms with E-state index in [1.165, 1.54) is 14.0 Å². The Morgan fingerprint density at radius 3 is 2.73 bits per heavy atom. The molecule has 1 heterocycles. The van der Waals surface area contributed by atoms with Crippen molar-refractivity contribution in [3.63, 3.8) is 0 Å². The van der Waals surface area contributed by atoms with Crippen LogP contribution in [0.15, 0.2) is 24.3 Å². The number of amides is 3. The number of nitrogens with one attached hydrogen (secondary N) is 1. The quantitative estimate of drug-likeness (QED) is 0.405. The molecule has 0 spiro atoms. The lowest BCUT2D eigenvalue weighted by atomic mass is 9.98. The van der Waals surface area contributed by atoms with Crippen LogP contribution in [0.2, 0.25) is 0 Å². The standard InChI is InChI=1S/C18H22N2O6/c1-12(17(23)19-8-10-25-2)26-16(22)7-9-20-15(21)11-13-5-3-4-6-14(13)18(20)24/h3-6,12H,7-11H2,1-2H3,(H,19,23)/t12-/m0/s1. The first-order valence-corrected chi connectivity index (χ1v) is 8.32. The van der Waals surface area contributed by atoms with Crippen molar-refractivity contribution in [2.75, 3.05) is 26.8 Å². The fourth-order valence-corrected chi connectivity index (χ4v) is 2.56. The number of hydrogen-bond acceptors (Lipinski definition) is 6. The van der Waals surface area contributed by atoms with Crippen LogP contribution in [0, 0.1) is 0 Å². The van der Waals surface area contributed by atoms with Crippen LogP contribution >= 0.6 is 0 Å². The van der Waals surface area contributed by atoms with Gasteiger partial charge in [-0.15, -0.1) is 0 Å². The van der Waals surface area contributed by atoms with Gasteiger partial charge in [0.1, 0.15) is 0 Å². The maximum Gasteiger partial charge on any atom is 0.308 e. The third kappa shape index (κ3) is 4.89. The van der Waals surface area contributed by atoms with E-state index in [0.717, 1.165) is 4.90 Å². The maximum atomic E-state index is 12.4. The van der Waals surface area contributed by atoms with Crippen LogP contribution in [0.25, 0.3) is 0 Å². The minimum Gasteiger partial charge on any atom is -0.452 e. The van der Waals surface area contributed by atoms with E-state index in [1.807, 2.05) is 0 Å². The molecule has 1 atom stereocenters. The molecule has 0 fully saturated rings. The normalized spacial score (nSPS) is 14.6. The van der Waals surface area contributed by atoms with Gasteiger partial charge in [0.15, 0.2) is 6.10 Å². The van der Waals surface area contributed by atoms with Crippen LogP contribution in [-0.2, 0) is 30.3 Å². The summed E-state index contributed by atoms with van der Waals surface area (Å²) in [5.74, 6) is -1.87. The van der Waals surface area contributed by atoms with E-state index in [9.17, 15) is 19.2 Å². The first-order chi connectivity index (χ1) is 12.4. The number of hydrogen-bond donors (Lipinski definition) is 1. The number of methoxy groups -OCH3 is 1. The SMILES string of the molecule is COCCNC(=O)[C@H](C)OC(=O)CCN1C(=O)Cc2ccccc2C1=O. The second kappa shape index (κ2) is 9.10. The fraction of sp³-hybridized carbons (Fsp3) is 0.444. The Balaban J connectivity index is 1.84. The maximum absolute atomic E-state index is 12.4. The highest BCUT2D eigenvalue weighted by atomic mass is 16.5. The van der Waals surface area contributed by atoms with E-state index in [2.05, 4.69) is 5.32 Å². The fourth-order valence-electron chi connectivity index (χ4n) is 2.56. The molecule has 0 saturated carbocycles. The van der Waals surface area contributed by atoms with Gasteiger partial charge in [-0.3, -0.25) is 24.1 Å². The molecule has 0 aromatic heterocycles. The average Bonchev–Trinajstić information content (AvgIpc) is 2.61. The van der Waals surface area contributed by atoms with Gasteiger partial charge in [-0.05, 0) is 18.6 Å². The van der Waals surface area contributed by atoms with Gasteiger partial charge >= 0.3 is 5.97 Å². The number of benzene rings is 1. The second-order valence-corrected chi connectivity index (χ2v) is 5.85. The number of ether oxygens (including phenoxy) is 2. The lowest BCUT2D eigenvalue weighted by Crippen LogP contribution is -2.43. The summed E-state index contributed by atoms with van der Waals surface area (Å²) in [5.41, 5.74) is 1.15. The van der Waals surface area contributed by atoms with Gasteiger partial charge in [-0.2, -0.15) is 0 Å². The summed E-state index contributed by atoms with van der Waals surface area (Å²) in [7, 11) is 1.51. The van der Waals surface area contributed by atoms with Crippen LogP contribution in [-0.4, -0.2) is 61.5 Å². The van der Waals surface area contributed by atoms with Crippen molar-refractivity contribution in [3.8, 4) is 0 Å². The molecule has 8 nitrogen and oxygen atoms in total. The van der Waals surface area contributed by atoms with Crippen LogP contribution in [0.1, 0.15) is 29.3 Å². The van der Waals surface area contributed by atoms with Crippen molar-refractivity contribution in [3.05, 3.63) is 35.4 Å². The Kier molecular flexibility index (Phi) is 6.85. The van der Waals surface area contributed by atoms with E-state index >= 15 is 0 Å². The number of rotatable bonds is 8. The number of fused-ring (bicyclic) bond motifs is 1. The predicted octanol–water partition coefficient (Wildman–Crippen LogP) is 0.296. The molecular formula is C18H22N2O6. The van der Waals surface area contributed by atoms with Crippen molar-refractivity contribution < 1.29 is 28.7 Å². The molecule has 1 aromatic rings. The summed E-state index contributed by atoms with van der Waals surface area (Å²) in [5, 5.41) is 2.56. The third-order valence-corrected chi connectivity index (χ3v) is 3.96. The van der Waals surface area contributed by atoms with Crippen molar-refractivity contribution in [2.45, 2.75) is 25.9 Å². The van der Waals surface area contributed by atoms with E-state index in [-0.39, 0.29) is 25.3 Å². The Bertz CT molecular complexity index is 703. The van der Waals surface area contributed by atoms with Crippen LogP contribution in [0.4, 0.5) is 0 Å². The number of esters is 1. The third-order valence-electron chi connectivity index (χ3n) is 3.96. The smallest absolute Gasteiger partial charge is 0.308 e. The molecule has 3 amide bonds. The van der Waals surface area contributed by atoms with Crippen LogP contribution < -0.4 is 5.32 Å². The second-order valence-electron chi connectivity index (χ2n) is 5.85.